The summed E-state index contributed by atoms with van der Waals surface area (Å²) in [6, 6.07) is -0.709. The van der Waals surface area contributed by atoms with Gasteiger partial charge in [0.2, 0.25) is 15.9 Å². The van der Waals surface area contributed by atoms with E-state index in [4.69, 9.17) is 0 Å². The van der Waals surface area contributed by atoms with Gasteiger partial charge in [0.15, 0.2) is 0 Å². The van der Waals surface area contributed by atoms with Crippen LogP contribution in [0, 0.1) is 5.92 Å². The van der Waals surface area contributed by atoms with Crippen LogP contribution >= 0.6 is 12.4 Å². The number of carbonyl (C=O) groups is 1. The minimum absolute atomic E-state index is 0. The van der Waals surface area contributed by atoms with Crippen LogP contribution in [0.15, 0.2) is 0 Å². The first-order valence-electron chi connectivity index (χ1n) is 8.58. The Morgan fingerprint density at radius 2 is 1.85 bits per heavy atom. The van der Waals surface area contributed by atoms with Crippen molar-refractivity contribution in [2.45, 2.75) is 44.3 Å². The Kier molecular flexibility index (Phi) is 8.63. The van der Waals surface area contributed by atoms with Crippen molar-refractivity contribution < 1.29 is 26.4 Å². The molecular formula is C15H27ClF3N3O3S. The quantitative estimate of drug-likeness (QED) is 0.707. The highest BCUT2D eigenvalue weighted by molar-refractivity contribution is 7.88. The second kappa shape index (κ2) is 9.57. The second-order valence-electron chi connectivity index (χ2n) is 6.93. The van der Waals surface area contributed by atoms with Gasteiger partial charge in [-0.05, 0) is 44.7 Å². The van der Waals surface area contributed by atoms with Crippen molar-refractivity contribution in [2.75, 3.05) is 39.0 Å². The first kappa shape index (κ1) is 23.5. The van der Waals surface area contributed by atoms with E-state index < -0.39 is 28.8 Å². The topological polar surface area (TPSA) is 69.7 Å². The number of nitrogens with one attached hydrogen (secondary N) is 1. The number of nitrogens with zero attached hydrogens (tertiary/aromatic N) is 2. The number of piperidine rings is 1. The standard InChI is InChI=1S/C15H26F3N3O3S.ClH/c1-25(23,24)21(11-15(16,17)18)13-5-8-20(9-6-13)14(22)3-2-12-4-7-19-10-12;/h12-13,19H,2-11H2,1H3;1H. The summed E-state index contributed by atoms with van der Waals surface area (Å²) in [7, 11) is -3.95. The highest BCUT2D eigenvalue weighted by Crippen LogP contribution is 2.25. The molecule has 2 fully saturated rings. The van der Waals surface area contributed by atoms with E-state index in [0.717, 1.165) is 32.2 Å². The number of rotatable bonds is 6. The van der Waals surface area contributed by atoms with E-state index in [9.17, 15) is 26.4 Å². The average molecular weight is 422 g/mol. The molecular weight excluding hydrogens is 395 g/mol. The van der Waals surface area contributed by atoms with Crippen LogP contribution < -0.4 is 5.32 Å². The predicted molar refractivity (Wildman–Crippen MR) is 94.7 cm³/mol. The summed E-state index contributed by atoms with van der Waals surface area (Å²) in [4.78, 5) is 13.9. The molecule has 2 aliphatic heterocycles. The van der Waals surface area contributed by atoms with Gasteiger partial charge in [0, 0.05) is 25.6 Å². The number of hydrogen-bond acceptors (Lipinski definition) is 4. The van der Waals surface area contributed by atoms with Crippen molar-refractivity contribution in [1.82, 2.24) is 14.5 Å². The zero-order valence-corrected chi connectivity index (χ0v) is 16.4. The van der Waals surface area contributed by atoms with Gasteiger partial charge in [-0.3, -0.25) is 4.79 Å². The molecule has 0 aromatic heterocycles. The molecule has 0 aromatic rings. The lowest BCUT2D eigenvalue weighted by Crippen LogP contribution is -2.51. The molecule has 1 unspecified atom stereocenters. The lowest BCUT2D eigenvalue weighted by molar-refractivity contribution is -0.143. The van der Waals surface area contributed by atoms with Crippen LogP contribution in [0.2, 0.25) is 0 Å². The molecule has 1 amide bonds. The summed E-state index contributed by atoms with van der Waals surface area (Å²) in [5.74, 6) is 0.515. The number of hydrogen-bond donors (Lipinski definition) is 1. The van der Waals surface area contributed by atoms with Gasteiger partial charge in [-0.25, -0.2) is 8.42 Å². The van der Waals surface area contributed by atoms with Crippen molar-refractivity contribution in [3.8, 4) is 0 Å². The minimum atomic E-state index is -4.58. The first-order chi connectivity index (χ1) is 11.6. The molecule has 26 heavy (non-hydrogen) atoms. The van der Waals surface area contributed by atoms with Crippen molar-refractivity contribution >= 4 is 28.3 Å². The molecule has 0 saturated carbocycles. The van der Waals surface area contributed by atoms with Gasteiger partial charge in [0.25, 0.3) is 0 Å². The number of likely N-dealkylation sites (tertiary alicyclic amines) is 1. The Morgan fingerprint density at radius 1 is 1.23 bits per heavy atom. The fraction of sp³-hybridized carbons (Fsp3) is 0.933. The van der Waals surface area contributed by atoms with Gasteiger partial charge >= 0.3 is 6.18 Å². The molecule has 2 heterocycles. The van der Waals surface area contributed by atoms with Crippen LogP contribution in [0.3, 0.4) is 0 Å². The molecule has 0 spiro atoms. The molecule has 154 valence electrons. The smallest absolute Gasteiger partial charge is 0.343 e. The number of amides is 1. The summed E-state index contributed by atoms with van der Waals surface area (Å²) in [6.45, 7) is 1.03. The zero-order chi connectivity index (χ0) is 18.7. The van der Waals surface area contributed by atoms with E-state index in [0.29, 0.717) is 29.7 Å². The summed E-state index contributed by atoms with van der Waals surface area (Å²) < 4.78 is 62.0. The highest BCUT2D eigenvalue weighted by atomic mass is 35.5. The Labute approximate surface area is 158 Å². The first-order valence-corrected chi connectivity index (χ1v) is 10.4. The third kappa shape index (κ3) is 7.21. The third-order valence-electron chi connectivity index (χ3n) is 4.91. The zero-order valence-electron chi connectivity index (χ0n) is 14.8. The predicted octanol–water partition coefficient (Wildman–Crippen LogP) is 1.61. The van der Waals surface area contributed by atoms with E-state index in [1.807, 2.05) is 0 Å². The fourth-order valence-corrected chi connectivity index (χ4v) is 4.68. The van der Waals surface area contributed by atoms with Crippen LogP contribution in [0.1, 0.15) is 32.1 Å². The Balaban J connectivity index is 0.00000338. The maximum atomic E-state index is 12.7. The van der Waals surface area contributed by atoms with Gasteiger partial charge in [-0.15, -0.1) is 12.4 Å². The Bertz CT molecular complexity index is 560. The lowest BCUT2D eigenvalue weighted by atomic mass is 10.0. The molecule has 2 rings (SSSR count). The van der Waals surface area contributed by atoms with Crippen molar-refractivity contribution in [1.29, 1.82) is 0 Å². The maximum Gasteiger partial charge on any atom is 0.402 e. The van der Waals surface area contributed by atoms with E-state index in [-0.39, 0.29) is 31.2 Å². The van der Waals surface area contributed by atoms with Gasteiger partial charge in [0.1, 0.15) is 6.54 Å². The van der Waals surface area contributed by atoms with E-state index in [1.54, 1.807) is 4.90 Å². The van der Waals surface area contributed by atoms with Crippen LogP contribution in [-0.4, -0.2) is 74.7 Å². The summed E-state index contributed by atoms with van der Waals surface area (Å²) in [5, 5.41) is 3.25. The summed E-state index contributed by atoms with van der Waals surface area (Å²) >= 11 is 0. The molecule has 0 radical (unpaired) electrons. The second-order valence-corrected chi connectivity index (χ2v) is 8.87. The lowest BCUT2D eigenvalue weighted by Gasteiger charge is -2.37. The van der Waals surface area contributed by atoms with Gasteiger partial charge in [0.05, 0.1) is 6.26 Å². The number of alkyl halides is 3. The van der Waals surface area contributed by atoms with Gasteiger partial charge in [-0.2, -0.15) is 17.5 Å². The SMILES string of the molecule is CS(=O)(=O)N(CC(F)(F)F)C1CCN(C(=O)CCC2CCNC2)CC1.Cl. The van der Waals surface area contributed by atoms with Crippen molar-refractivity contribution in [3.05, 3.63) is 0 Å². The van der Waals surface area contributed by atoms with E-state index in [1.165, 1.54) is 0 Å². The molecule has 2 saturated heterocycles. The van der Waals surface area contributed by atoms with Crippen LogP contribution in [0.25, 0.3) is 0 Å². The third-order valence-corrected chi connectivity index (χ3v) is 6.19. The van der Waals surface area contributed by atoms with Crippen molar-refractivity contribution in [2.24, 2.45) is 5.92 Å². The molecule has 11 heteroatoms. The van der Waals surface area contributed by atoms with Gasteiger partial charge in [-0.1, -0.05) is 0 Å². The summed E-state index contributed by atoms with van der Waals surface area (Å²) in [5.41, 5.74) is 0. The highest BCUT2D eigenvalue weighted by Gasteiger charge is 2.39. The fourth-order valence-electron chi connectivity index (χ4n) is 3.54. The molecule has 0 aliphatic carbocycles. The largest absolute Gasteiger partial charge is 0.402 e. The molecule has 0 bridgehead atoms. The van der Waals surface area contributed by atoms with E-state index in [2.05, 4.69) is 5.32 Å². The van der Waals surface area contributed by atoms with Crippen molar-refractivity contribution in [3.63, 3.8) is 0 Å². The summed E-state index contributed by atoms with van der Waals surface area (Å²) in [6.07, 6.45) is -0.988. The van der Waals surface area contributed by atoms with Gasteiger partial charge < -0.3 is 10.2 Å². The number of halogens is 4. The van der Waals surface area contributed by atoms with Crippen LogP contribution in [0.5, 0.6) is 0 Å². The van der Waals surface area contributed by atoms with E-state index >= 15 is 0 Å². The molecule has 1 N–H and O–H groups in total. The molecule has 0 aromatic carbocycles. The number of carbonyl (C=O) groups excluding carboxylic acids is 1. The molecule has 1 atom stereocenters. The minimum Gasteiger partial charge on any atom is -0.343 e. The average Bonchev–Trinajstić information content (AvgIpc) is 3.02. The maximum absolute atomic E-state index is 12.7. The molecule has 2 aliphatic rings. The number of sulfonamides is 1. The Morgan fingerprint density at radius 3 is 2.31 bits per heavy atom. The normalized spacial score (nSPS) is 22.5. The molecule has 6 nitrogen and oxygen atoms in total. The van der Waals surface area contributed by atoms with Crippen LogP contribution in [0.4, 0.5) is 13.2 Å². The Hall–Kier alpha value is -0.580. The van der Waals surface area contributed by atoms with Crippen LogP contribution in [-0.2, 0) is 14.8 Å². The monoisotopic (exact) mass is 421 g/mol.